The zero-order valence-corrected chi connectivity index (χ0v) is 18.5. The van der Waals surface area contributed by atoms with Crippen LogP contribution in [-0.4, -0.2) is 48.8 Å². The molecule has 2 aromatic heterocycles. The van der Waals surface area contributed by atoms with Gasteiger partial charge in [0.2, 0.25) is 0 Å². The third kappa shape index (κ3) is 7.64. The van der Waals surface area contributed by atoms with Crippen LogP contribution in [-0.2, 0) is 19.2 Å². The van der Waals surface area contributed by atoms with Gasteiger partial charge in [-0.2, -0.15) is 0 Å². The molecule has 2 heterocycles. The summed E-state index contributed by atoms with van der Waals surface area (Å²) in [6, 6.07) is 13.9. The Labute approximate surface area is 201 Å². The van der Waals surface area contributed by atoms with Crippen molar-refractivity contribution in [3.05, 3.63) is 76.8 Å². The summed E-state index contributed by atoms with van der Waals surface area (Å²) in [6.07, 6.45) is 3.53. The summed E-state index contributed by atoms with van der Waals surface area (Å²) < 4.78 is 1.83. The first-order chi connectivity index (χ1) is 16.5. The number of rotatable bonds is 3. The maximum atomic E-state index is 8.93. The lowest BCUT2D eigenvalue weighted by Crippen LogP contribution is -2.42. The topological polar surface area (TPSA) is 220 Å². The lowest BCUT2D eigenvalue weighted by Gasteiger charge is -2.18. The van der Waals surface area contributed by atoms with Crippen molar-refractivity contribution >= 4 is 46.5 Å². The van der Waals surface area contributed by atoms with Crippen molar-refractivity contribution in [1.29, 1.82) is 0 Å². The zero-order chi connectivity index (χ0) is 26.1. The standard InChI is InChI=1S/C17H14ClN5.2C2H2O4/c1-11-20-15-6-5-13(10-16(15)21-11)17(23-8-7-19-22-23)12-3-2-4-14(18)9-12;2*3-1(4)2(5)6/h2-10,17H,1H3,(H,20,21);2*(H,3,4)(H,5,6)/p-4. The van der Waals surface area contributed by atoms with E-state index in [9.17, 15) is 0 Å². The van der Waals surface area contributed by atoms with Crippen LogP contribution in [0.3, 0.4) is 0 Å². The Morgan fingerprint density at radius 3 is 2.03 bits per heavy atom. The molecule has 4 rings (SSSR count). The maximum Gasteiger partial charge on any atom is 0.104 e. The van der Waals surface area contributed by atoms with Gasteiger partial charge in [-0.25, -0.2) is 9.67 Å². The number of H-pyrrole nitrogens is 1. The number of imidazole rings is 1. The Kier molecular flexibility index (Phi) is 9.00. The number of carboxylic acids is 4. The number of carbonyl (C=O) groups excluding carboxylic acids is 4. The highest BCUT2D eigenvalue weighted by molar-refractivity contribution is 6.30. The minimum atomic E-state index is -2.19. The summed E-state index contributed by atoms with van der Waals surface area (Å²) >= 11 is 6.17. The molecule has 0 aliphatic rings. The molecule has 4 aromatic rings. The molecular formula is C21H14ClN5O8-4. The highest BCUT2D eigenvalue weighted by Crippen LogP contribution is 2.29. The molecular weight excluding hydrogens is 486 g/mol. The van der Waals surface area contributed by atoms with Gasteiger partial charge in [0, 0.05) is 11.2 Å². The minimum absolute atomic E-state index is 0.0933. The molecule has 1 N–H and O–H groups in total. The molecule has 1 unspecified atom stereocenters. The van der Waals surface area contributed by atoms with Crippen LogP contribution >= 0.6 is 11.6 Å². The zero-order valence-electron chi connectivity index (χ0n) is 17.7. The molecule has 0 bridgehead atoms. The average Bonchev–Trinajstić information content (AvgIpc) is 3.43. The van der Waals surface area contributed by atoms with Crippen molar-refractivity contribution in [2.45, 2.75) is 13.0 Å². The fourth-order valence-electron chi connectivity index (χ4n) is 2.85. The Bertz CT molecular complexity index is 1310. The van der Waals surface area contributed by atoms with Crippen molar-refractivity contribution < 1.29 is 39.6 Å². The number of aliphatic carboxylic acids is 4. The van der Waals surface area contributed by atoms with Gasteiger partial charge in [0.15, 0.2) is 0 Å². The third-order valence-corrected chi connectivity index (χ3v) is 4.38. The summed E-state index contributed by atoms with van der Waals surface area (Å²) in [7, 11) is 0. The number of aromatic nitrogens is 5. The summed E-state index contributed by atoms with van der Waals surface area (Å²) in [4.78, 5) is 43.4. The van der Waals surface area contributed by atoms with Gasteiger partial charge in [-0.3, -0.25) is 0 Å². The smallest absolute Gasteiger partial charge is 0.104 e. The largest absolute Gasteiger partial charge is 0.543 e. The van der Waals surface area contributed by atoms with E-state index in [2.05, 4.69) is 32.4 Å². The second-order valence-corrected chi connectivity index (χ2v) is 7.03. The van der Waals surface area contributed by atoms with E-state index in [0.29, 0.717) is 5.02 Å². The first-order valence-corrected chi connectivity index (χ1v) is 9.79. The van der Waals surface area contributed by atoms with Crippen LogP contribution in [0.2, 0.25) is 5.02 Å². The molecule has 0 amide bonds. The Morgan fingerprint density at radius 2 is 1.51 bits per heavy atom. The molecule has 2 aromatic carbocycles. The van der Waals surface area contributed by atoms with Crippen LogP contribution in [0.5, 0.6) is 0 Å². The summed E-state index contributed by atoms with van der Waals surface area (Å²) in [5, 5.41) is 44.5. The average molecular weight is 500 g/mol. The number of fused-ring (bicyclic) bond motifs is 1. The van der Waals surface area contributed by atoms with Gasteiger partial charge in [0.25, 0.3) is 0 Å². The van der Waals surface area contributed by atoms with E-state index in [1.165, 1.54) is 0 Å². The second kappa shape index (κ2) is 11.9. The van der Waals surface area contributed by atoms with E-state index in [4.69, 9.17) is 51.2 Å². The number of carboxylic acid groups (broad SMARTS) is 4. The lowest BCUT2D eigenvalue weighted by atomic mass is 9.98. The van der Waals surface area contributed by atoms with E-state index < -0.39 is 23.9 Å². The predicted octanol–water partition coefficient (Wildman–Crippen LogP) is -3.27. The fraction of sp³-hybridized carbons (Fsp3) is 0.0952. The number of halogens is 1. The third-order valence-electron chi connectivity index (χ3n) is 4.14. The Morgan fingerprint density at radius 1 is 0.914 bits per heavy atom. The number of hydrogen-bond donors (Lipinski definition) is 1. The van der Waals surface area contributed by atoms with E-state index in [0.717, 1.165) is 28.0 Å². The molecule has 0 saturated carbocycles. The van der Waals surface area contributed by atoms with Gasteiger partial charge in [-0.15, -0.1) is 5.10 Å². The van der Waals surface area contributed by atoms with E-state index in [-0.39, 0.29) is 6.04 Å². The Hall–Kier alpha value is -4.78. The number of aromatic amines is 1. The van der Waals surface area contributed by atoms with Gasteiger partial charge in [0.1, 0.15) is 11.9 Å². The van der Waals surface area contributed by atoms with Crippen LogP contribution in [0.15, 0.2) is 54.9 Å². The van der Waals surface area contributed by atoms with E-state index in [1.807, 2.05) is 48.1 Å². The van der Waals surface area contributed by atoms with Crippen molar-refractivity contribution in [1.82, 2.24) is 25.0 Å². The van der Waals surface area contributed by atoms with Gasteiger partial charge in [-0.1, -0.05) is 35.0 Å². The molecule has 0 radical (unpaired) electrons. The fourth-order valence-corrected chi connectivity index (χ4v) is 3.05. The Balaban J connectivity index is 0.000000301. The van der Waals surface area contributed by atoms with Crippen LogP contribution in [0.4, 0.5) is 0 Å². The number of benzene rings is 2. The molecule has 0 spiro atoms. The van der Waals surface area contributed by atoms with Crippen molar-refractivity contribution in [3.8, 4) is 0 Å². The molecule has 35 heavy (non-hydrogen) atoms. The van der Waals surface area contributed by atoms with Gasteiger partial charge in [-0.05, 0) is 42.3 Å². The van der Waals surface area contributed by atoms with Crippen molar-refractivity contribution in [2.75, 3.05) is 0 Å². The molecule has 0 aliphatic heterocycles. The van der Waals surface area contributed by atoms with Gasteiger partial charge >= 0.3 is 0 Å². The summed E-state index contributed by atoms with van der Waals surface area (Å²) in [5.41, 5.74) is 4.11. The molecule has 182 valence electrons. The molecule has 14 heteroatoms. The highest BCUT2D eigenvalue weighted by atomic mass is 35.5. The number of carbonyl (C=O) groups is 4. The molecule has 1 atom stereocenters. The van der Waals surface area contributed by atoms with Crippen LogP contribution in [0.1, 0.15) is 23.0 Å². The quantitative estimate of drug-likeness (QED) is 0.275. The van der Waals surface area contributed by atoms with E-state index in [1.54, 1.807) is 6.20 Å². The summed E-state index contributed by atoms with van der Waals surface area (Å²) in [5.74, 6) is -7.84. The molecule has 0 aliphatic carbocycles. The van der Waals surface area contributed by atoms with Crippen molar-refractivity contribution in [3.63, 3.8) is 0 Å². The van der Waals surface area contributed by atoms with Crippen LogP contribution < -0.4 is 20.4 Å². The van der Waals surface area contributed by atoms with Crippen molar-refractivity contribution in [2.24, 2.45) is 0 Å². The monoisotopic (exact) mass is 499 g/mol. The highest BCUT2D eigenvalue weighted by Gasteiger charge is 2.18. The van der Waals surface area contributed by atoms with Crippen LogP contribution in [0, 0.1) is 6.92 Å². The minimum Gasteiger partial charge on any atom is -0.543 e. The first kappa shape index (κ1) is 26.5. The molecule has 0 fully saturated rings. The van der Waals surface area contributed by atoms with Gasteiger partial charge < -0.3 is 44.6 Å². The van der Waals surface area contributed by atoms with E-state index >= 15 is 0 Å². The number of aryl methyl sites for hydroxylation is 1. The first-order valence-electron chi connectivity index (χ1n) is 9.41. The lowest BCUT2D eigenvalue weighted by molar-refractivity contribution is -0.345. The summed E-state index contributed by atoms with van der Waals surface area (Å²) in [6.45, 7) is 1.95. The normalized spacial score (nSPS) is 10.8. The molecule has 13 nitrogen and oxygen atoms in total. The predicted molar refractivity (Wildman–Crippen MR) is 110 cm³/mol. The number of hydrogen-bond acceptors (Lipinski definition) is 11. The maximum absolute atomic E-state index is 8.93. The van der Waals surface area contributed by atoms with Gasteiger partial charge in [0.05, 0.1) is 41.1 Å². The SMILES string of the molecule is Cc1nc2ccc(C(c3cccc(Cl)c3)n3ccnn3)cc2[nH]1.O=C([O-])C(=O)[O-].O=C([O-])C(=O)[O-]. The second-order valence-electron chi connectivity index (χ2n) is 6.59. The van der Waals surface area contributed by atoms with Crippen LogP contribution in [0.25, 0.3) is 11.0 Å². The number of nitrogens with one attached hydrogen (secondary N) is 1. The molecule has 0 saturated heterocycles. The number of nitrogens with zero attached hydrogens (tertiary/aromatic N) is 4.